The molecule has 8 heteroatoms. The highest BCUT2D eigenvalue weighted by Gasteiger charge is 2.22. The highest BCUT2D eigenvalue weighted by Crippen LogP contribution is 2.30. The molecule has 0 radical (unpaired) electrons. The maximum Gasteiger partial charge on any atom is 0.302 e. The number of anilines is 1. The minimum Gasteiger partial charge on any atom is -0.493 e. The van der Waals surface area contributed by atoms with Crippen LogP contribution in [0.5, 0.6) is 5.75 Å². The first kappa shape index (κ1) is 23.8. The van der Waals surface area contributed by atoms with Gasteiger partial charge in [0.15, 0.2) is 0 Å². The molecule has 1 atom stereocenters. The van der Waals surface area contributed by atoms with Gasteiger partial charge in [0.05, 0.1) is 45.7 Å². The molecule has 2 aliphatic rings. The second-order valence-electron chi connectivity index (χ2n) is 8.60. The molecule has 2 heterocycles. The SMILES string of the molecule is CC(=O)OCCC1COc2cc(C(=O)N(C)c3ccc(C=NN4CCOCC4)cc3)ccc2C1. The van der Waals surface area contributed by atoms with E-state index in [1.165, 1.54) is 6.92 Å². The summed E-state index contributed by atoms with van der Waals surface area (Å²) in [5.74, 6) is 0.678. The fraction of sp³-hybridized carbons (Fsp3) is 0.423. The van der Waals surface area contributed by atoms with Gasteiger partial charge in [-0.2, -0.15) is 5.10 Å². The zero-order chi connectivity index (χ0) is 23.9. The van der Waals surface area contributed by atoms with Crippen molar-refractivity contribution in [2.24, 2.45) is 11.0 Å². The van der Waals surface area contributed by atoms with Crippen LogP contribution in [0.1, 0.15) is 34.8 Å². The number of nitrogens with zero attached hydrogens (tertiary/aromatic N) is 3. The molecule has 1 amide bonds. The first-order chi connectivity index (χ1) is 16.5. The Hall–Kier alpha value is -3.39. The van der Waals surface area contributed by atoms with Crippen molar-refractivity contribution < 1.29 is 23.8 Å². The normalized spacial score (nSPS) is 17.7. The predicted molar refractivity (Wildman–Crippen MR) is 130 cm³/mol. The molecule has 0 spiro atoms. The smallest absolute Gasteiger partial charge is 0.302 e. The molecule has 0 saturated carbocycles. The fourth-order valence-electron chi connectivity index (χ4n) is 4.04. The molecule has 0 aliphatic carbocycles. The van der Waals surface area contributed by atoms with Crippen molar-refractivity contribution in [3.8, 4) is 5.75 Å². The minimum absolute atomic E-state index is 0.0990. The molecule has 180 valence electrons. The largest absolute Gasteiger partial charge is 0.493 e. The Morgan fingerprint density at radius 2 is 1.94 bits per heavy atom. The van der Waals surface area contributed by atoms with Crippen molar-refractivity contribution in [3.63, 3.8) is 0 Å². The van der Waals surface area contributed by atoms with E-state index in [0.29, 0.717) is 37.9 Å². The van der Waals surface area contributed by atoms with E-state index in [1.807, 2.05) is 53.7 Å². The van der Waals surface area contributed by atoms with E-state index in [2.05, 4.69) is 5.10 Å². The number of benzene rings is 2. The van der Waals surface area contributed by atoms with Crippen molar-refractivity contribution in [3.05, 3.63) is 59.2 Å². The zero-order valence-electron chi connectivity index (χ0n) is 19.7. The van der Waals surface area contributed by atoms with Crippen LogP contribution in [-0.4, -0.2) is 69.7 Å². The summed E-state index contributed by atoms with van der Waals surface area (Å²) >= 11 is 0. The molecule has 34 heavy (non-hydrogen) atoms. The Morgan fingerprint density at radius 1 is 1.18 bits per heavy atom. The molecule has 0 N–H and O–H groups in total. The number of morpholine rings is 1. The van der Waals surface area contributed by atoms with Crippen LogP contribution in [0.25, 0.3) is 0 Å². The summed E-state index contributed by atoms with van der Waals surface area (Å²) in [5, 5.41) is 6.49. The molecule has 2 aromatic rings. The van der Waals surface area contributed by atoms with Gasteiger partial charge < -0.3 is 19.1 Å². The third-order valence-electron chi connectivity index (χ3n) is 6.07. The monoisotopic (exact) mass is 465 g/mol. The van der Waals surface area contributed by atoms with Crippen molar-refractivity contribution in [2.45, 2.75) is 19.8 Å². The van der Waals surface area contributed by atoms with Crippen LogP contribution in [0.4, 0.5) is 5.69 Å². The number of ether oxygens (including phenoxy) is 3. The van der Waals surface area contributed by atoms with E-state index in [4.69, 9.17) is 14.2 Å². The van der Waals surface area contributed by atoms with Gasteiger partial charge in [0.1, 0.15) is 5.75 Å². The lowest BCUT2D eigenvalue weighted by Crippen LogP contribution is -2.32. The Labute approximate surface area is 200 Å². The van der Waals surface area contributed by atoms with Crippen LogP contribution in [-0.2, 0) is 20.7 Å². The minimum atomic E-state index is -0.264. The molecule has 1 saturated heterocycles. The third-order valence-corrected chi connectivity index (χ3v) is 6.07. The van der Waals surface area contributed by atoms with Crippen molar-refractivity contribution in [1.82, 2.24) is 5.01 Å². The molecule has 2 aliphatic heterocycles. The summed E-state index contributed by atoms with van der Waals surface area (Å²) < 4.78 is 16.3. The Kier molecular flexibility index (Phi) is 7.80. The van der Waals surface area contributed by atoms with Gasteiger partial charge in [0.2, 0.25) is 0 Å². The molecule has 4 rings (SSSR count). The standard InChI is InChI=1S/C26H31N3O5/c1-19(30)33-12-9-21-15-22-5-6-23(16-25(22)34-18-21)26(31)28(2)24-7-3-20(4-8-24)17-27-29-10-13-32-14-11-29/h3-8,16-17,21H,9-15,18H2,1-2H3. The van der Waals surface area contributed by atoms with E-state index in [1.54, 1.807) is 11.9 Å². The highest BCUT2D eigenvalue weighted by atomic mass is 16.5. The van der Waals surface area contributed by atoms with Crippen LogP contribution in [0.2, 0.25) is 0 Å². The van der Waals surface area contributed by atoms with Crippen molar-refractivity contribution in [2.75, 3.05) is 51.5 Å². The number of amides is 1. The number of hydrogen-bond acceptors (Lipinski definition) is 7. The van der Waals surface area contributed by atoms with Crippen LogP contribution >= 0.6 is 0 Å². The van der Waals surface area contributed by atoms with E-state index < -0.39 is 0 Å². The van der Waals surface area contributed by atoms with Gasteiger partial charge in [-0.1, -0.05) is 18.2 Å². The first-order valence-corrected chi connectivity index (χ1v) is 11.6. The van der Waals surface area contributed by atoms with E-state index in [9.17, 15) is 9.59 Å². The second-order valence-corrected chi connectivity index (χ2v) is 8.60. The average Bonchev–Trinajstić information content (AvgIpc) is 2.87. The molecular formula is C26H31N3O5. The summed E-state index contributed by atoms with van der Waals surface area (Å²) in [6, 6.07) is 13.4. The van der Waals surface area contributed by atoms with Crippen LogP contribution in [0.3, 0.4) is 0 Å². The molecular weight excluding hydrogens is 434 g/mol. The Balaban J connectivity index is 1.35. The zero-order valence-corrected chi connectivity index (χ0v) is 19.7. The van der Waals surface area contributed by atoms with Gasteiger partial charge in [-0.15, -0.1) is 0 Å². The Bertz CT molecular complexity index is 1030. The molecule has 0 bridgehead atoms. The van der Waals surface area contributed by atoms with E-state index in [0.717, 1.165) is 48.5 Å². The summed E-state index contributed by atoms with van der Waals surface area (Å²) in [5.41, 5.74) is 3.43. The van der Waals surface area contributed by atoms with E-state index in [-0.39, 0.29) is 11.9 Å². The van der Waals surface area contributed by atoms with Crippen LogP contribution in [0.15, 0.2) is 47.6 Å². The van der Waals surface area contributed by atoms with Crippen LogP contribution < -0.4 is 9.64 Å². The lowest BCUT2D eigenvalue weighted by Gasteiger charge is -2.26. The maximum absolute atomic E-state index is 13.1. The molecule has 1 unspecified atom stereocenters. The van der Waals surface area contributed by atoms with Gasteiger partial charge >= 0.3 is 5.97 Å². The highest BCUT2D eigenvalue weighted by molar-refractivity contribution is 6.06. The summed E-state index contributed by atoms with van der Waals surface area (Å²) in [6.45, 7) is 5.36. The Morgan fingerprint density at radius 3 is 2.68 bits per heavy atom. The average molecular weight is 466 g/mol. The number of carbonyl (C=O) groups is 2. The molecule has 1 fully saturated rings. The number of fused-ring (bicyclic) bond motifs is 1. The van der Waals surface area contributed by atoms with Gasteiger partial charge in [-0.25, -0.2) is 0 Å². The number of hydrogen-bond donors (Lipinski definition) is 0. The van der Waals surface area contributed by atoms with Gasteiger partial charge in [0, 0.05) is 31.1 Å². The van der Waals surface area contributed by atoms with Gasteiger partial charge in [-0.05, 0) is 48.2 Å². The predicted octanol–water partition coefficient (Wildman–Crippen LogP) is 3.13. The number of hydrazone groups is 1. The lowest BCUT2D eigenvalue weighted by molar-refractivity contribution is -0.141. The van der Waals surface area contributed by atoms with Crippen molar-refractivity contribution in [1.29, 1.82) is 0 Å². The van der Waals surface area contributed by atoms with Crippen molar-refractivity contribution >= 4 is 23.8 Å². The lowest BCUT2D eigenvalue weighted by atomic mass is 9.93. The van der Waals surface area contributed by atoms with Crippen LogP contribution in [0, 0.1) is 5.92 Å². The molecule has 2 aromatic carbocycles. The van der Waals surface area contributed by atoms with Gasteiger partial charge in [0.25, 0.3) is 5.91 Å². The topological polar surface area (TPSA) is 80.7 Å². The fourth-order valence-corrected chi connectivity index (χ4v) is 4.04. The summed E-state index contributed by atoms with van der Waals surface area (Å²) in [6.07, 6.45) is 3.43. The van der Waals surface area contributed by atoms with Gasteiger partial charge in [-0.3, -0.25) is 14.6 Å². The summed E-state index contributed by atoms with van der Waals surface area (Å²) in [4.78, 5) is 25.7. The number of rotatable bonds is 7. The molecule has 0 aromatic heterocycles. The van der Waals surface area contributed by atoms with E-state index >= 15 is 0 Å². The second kappa shape index (κ2) is 11.2. The first-order valence-electron chi connectivity index (χ1n) is 11.6. The number of esters is 1. The third kappa shape index (κ3) is 6.14. The number of carbonyl (C=O) groups excluding carboxylic acids is 2. The maximum atomic E-state index is 13.1. The summed E-state index contributed by atoms with van der Waals surface area (Å²) in [7, 11) is 1.77. The quantitative estimate of drug-likeness (QED) is 0.462. The molecule has 8 nitrogen and oxygen atoms in total.